The molecule has 0 saturated carbocycles. The number of sulfone groups is 1. The molecule has 1 aliphatic rings. The number of nitrogens with zero attached hydrogens (tertiary/aromatic N) is 3. The number of benzene rings is 2. The van der Waals surface area contributed by atoms with Gasteiger partial charge in [-0.3, -0.25) is 14.6 Å². The average molecular weight is 535 g/mol. The van der Waals surface area contributed by atoms with Gasteiger partial charge in [-0.15, -0.1) is 0 Å². The third kappa shape index (κ3) is 5.23. The highest BCUT2D eigenvalue weighted by molar-refractivity contribution is 7.90. The Labute approximate surface area is 219 Å². The van der Waals surface area contributed by atoms with Crippen molar-refractivity contribution in [2.24, 2.45) is 0 Å². The average Bonchev–Trinajstić information content (AvgIpc) is 3.47. The second-order valence-electron chi connectivity index (χ2n) is 9.21. The van der Waals surface area contributed by atoms with E-state index in [0.717, 1.165) is 11.8 Å². The number of H-pyrrole nitrogens is 1. The first-order chi connectivity index (χ1) is 18.1. The molecule has 2 aromatic heterocycles. The number of likely N-dealkylation sites (tertiary alicyclic amines) is 1. The number of carbonyl (C=O) groups is 2. The molecule has 2 unspecified atom stereocenters. The van der Waals surface area contributed by atoms with E-state index in [9.17, 15) is 18.0 Å². The van der Waals surface area contributed by atoms with Crippen LogP contribution in [0.3, 0.4) is 0 Å². The van der Waals surface area contributed by atoms with Crippen molar-refractivity contribution >= 4 is 32.7 Å². The Kier molecular flexibility index (Phi) is 6.62. The SMILES string of the molecule is CC(=O)OC1CC(c2cc3[nH]c(-c4ccccn4)nc3cc2Oc2ccc(S(C)(=O)=O)cc2)N(C(C)=O)C1. The fourth-order valence-corrected chi connectivity index (χ4v) is 5.30. The van der Waals surface area contributed by atoms with Gasteiger partial charge < -0.3 is 19.4 Å². The van der Waals surface area contributed by atoms with Crippen LogP contribution in [0.15, 0.2) is 65.7 Å². The van der Waals surface area contributed by atoms with E-state index >= 15 is 0 Å². The molecule has 10 nitrogen and oxygen atoms in total. The number of hydrogen-bond acceptors (Lipinski definition) is 8. The first-order valence-corrected chi connectivity index (χ1v) is 13.8. The molecular formula is C27H26N4O6S. The molecule has 4 aromatic rings. The lowest BCUT2D eigenvalue weighted by molar-refractivity contribution is -0.146. The van der Waals surface area contributed by atoms with Crippen LogP contribution >= 0.6 is 0 Å². The van der Waals surface area contributed by atoms with Gasteiger partial charge in [0.2, 0.25) is 5.91 Å². The molecular weight excluding hydrogens is 508 g/mol. The van der Waals surface area contributed by atoms with E-state index in [0.29, 0.717) is 40.5 Å². The van der Waals surface area contributed by atoms with Gasteiger partial charge in [-0.25, -0.2) is 13.4 Å². The largest absolute Gasteiger partial charge is 0.461 e. The Hall–Kier alpha value is -4.25. The molecule has 2 atom stereocenters. The molecule has 5 rings (SSSR count). The van der Waals surface area contributed by atoms with E-state index in [1.807, 2.05) is 24.3 Å². The standard InChI is InChI=1S/C27H26N4O6S/c1-16(32)31-15-19(36-17(2)33)12-25(31)21-13-23-24(30-27(29-23)22-6-4-5-11-28-22)14-26(21)37-18-7-9-20(10-8-18)38(3,34)35/h4-11,13-14,19,25H,12,15H2,1-3H3,(H,29,30). The van der Waals surface area contributed by atoms with Crippen LogP contribution in [0.25, 0.3) is 22.6 Å². The Bertz CT molecular complexity index is 1620. The molecule has 1 aliphatic heterocycles. The highest BCUT2D eigenvalue weighted by Crippen LogP contribution is 2.42. The molecule has 1 N–H and O–H groups in total. The number of fused-ring (bicyclic) bond motifs is 1. The first kappa shape index (κ1) is 25.4. The van der Waals surface area contributed by atoms with Crippen molar-refractivity contribution < 1.29 is 27.5 Å². The third-order valence-electron chi connectivity index (χ3n) is 6.36. The Morgan fingerprint density at radius 3 is 2.47 bits per heavy atom. The summed E-state index contributed by atoms with van der Waals surface area (Å²) in [5, 5.41) is 0. The van der Waals surface area contributed by atoms with Crippen LogP contribution in [0.4, 0.5) is 0 Å². The topological polar surface area (TPSA) is 132 Å². The molecule has 1 fully saturated rings. The smallest absolute Gasteiger partial charge is 0.302 e. The van der Waals surface area contributed by atoms with Crippen molar-refractivity contribution in [2.75, 3.05) is 12.8 Å². The number of pyridine rings is 1. The van der Waals surface area contributed by atoms with Crippen LogP contribution in [0.2, 0.25) is 0 Å². The Morgan fingerprint density at radius 2 is 1.84 bits per heavy atom. The summed E-state index contributed by atoms with van der Waals surface area (Å²) < 4.78 is 35.4. The van der Waals surface area contributed by atoms with Crippen LogP contribution in [0.5, 0.6) is 11.5 Å². The van der Waals surface area contributed by atoms with Crippen molar-refractivity contribution in [1.29, 1.82) is 0 Å². The summed E-state index contributed by atoms with van der Waals surface area (Å²) in [4.78, 5) is 38.4. The third-order valence-corrected chi connectivity index (χ3v) is 7.49. The summed E-state index contributed by atoms with van der Waals surface area (Å²) >= 11 is 0. The van der Waals surface area contributed by atoms with Gasteiger partial charge in [0.15, 0.2) is 15.7 Å². The van der Waals surface area contributed by atoms with E-state index in [4.69, 9.17) is 9.47 Å². The zero-order chi connectivity index (χ0) is 27.0. The zero-order valence-corrected chi connectivity index (χ0v) is 21.9. The Balaban J connectivity index is 1.60. The van der Waals surface area contributed by atoms with Crippen molar-refractivity contribution in [2.45, 2.75) is 37.3 Å². The molecule has 11 heteroatoms. The van der Waals surface area contributed by atoms with E-state index in [1.54, 1.807) is 29.3 Å². The molecule has 38 heavy (non-hydrogen) atoms. The minimum Gasteiger partial charge on any atom is -0.461 e. The summed E-state index contributed by atoms with van der Waals surface area (Å²) in [6.45, 7) is 3.08. The number of hydrogen-bond donors (Lipinski definition) is 1. The van der Waals surface area contributed by atoms with Gasteiger partial charge in [0.05, 0.1) is 28.5 Å². The van der Waals surface area contributed by atoms with Crippen LogP contribution in [0, 0.1) is 0 Å². The number of carbonyl (C=O) groups excluding carboxylic acids is 2. The fourth-order valence-electron chi connectivity index (χ4n) is 4.67. The van der Waals surface area contributed by atoms with Gasteiger partial charge in [0, 0.05) is 44.4 Å². The Morgan fingerprint density at radius 1 is 1.08 bits per heavy atom. The van der Waals surface area contributed by atoms with Crippen LogP contribution < -0.4 is 4.74 Å². The van der Waals surface area contributed by atoms with Gasteiger partial charge in [-0.05, 0) is 42.5 Å². The molecule has 1 amide bonds. The van der Waals surface area contributed by atoms with Gasteiger partial charge in [-0.2, -0.15) is 0 Å². The molecule has 196 valence electrons. The maximum absolute atomic E-state index is 12.6. The number of imidazole rings is 1. The summed E-state index contributed by atoms with van der Waals surface area (Å²) in [5.41, 5.74) is 2.72. The predicted octanol–water partition coefficient (Wildman–Crippen LogP) is 4.05. The van der Waals surface area contributed by atoms with E-state index < -0.39 is 28.0 Å². The number of amides is 1. The lowest BCUT2D eigenvalue weighted by Gasteiger charge is -2.25. The van der Waals surface area contributed by atoms with Crippen molar-refractivity contribution in [3.05, 3.63) is 66.4 Å². The summed E-state index contributed by atoms with van der Waals surface area (Å²) in [7, 11) is -3.36. The number of ether oxygens (including phenoxy) is 2. The van der Waals surface area contributed by atoms with Gasteiger partial charge in [0.1, 0.15) is 23.3 Å². The molecule has 0 bridgehead atoms. The number of aromatic amines is 1. The molecule has 3 heterocycles. The maximum atomic E-state index is 12.6. The second-order valence-corrected chi connectivity index (χ2v) is 11.2. The molecule has 1 saturated heterocycles. The highest BCUT2D eigenvalue weighted by Gasteiger charge is 2.38. The molecule has 0 spiro atoms. The van der Waals surface area contributed by atoms with Crippen LogP contribution in [0.1, 0.15) is 31.9 Å². The minimum absolute atomic E-state index is 0.160. The second kappa shape index (κ2) is 9.90. The number of nitrogens with one attached hydrogen (secondary N) is 1. The summed E-state index contributed by atoms with van der Waals surface area (Å²) in [5.74, 6) is 0.872. The van der Waals surface area contributed by atoms with Gasteiger partial charge in [-0.1, -0.05) is 6.07 Å². The van der Waals surface area contributed by atoms with Crippen molar-refractivity contribution in [3.8, 4) is 23.0 Å². The van der Waals surface area contributed by atoms with E-state index in [2.05, 4.69) is 15.0 Å². The fraction of sp³-hybridized carbons (Fsp3) is 0.259. The monoisotopic (exact) mass is 534 g/mol. The normalized spacial score (nSPS) is 17.5. The van der Waals surface area contributed by atoms with Crippen LogP contribution in [-0.4, -0.2) is 59.1 Å². The van der Waals surface area contributed by atoms with Crippen molar-refractivity contribution in [1.82, 2.24) is 19.9 Å². The van der Waals surface area contributed by atoms with E-state index in [1.165, 1.54) is 26.0 Å². The first-order valence-electron chi connectivity index (χ1n) is 12.0. The number of rotatable bonds is 6. The number of esters is 1. The maximum Gasteiger partial charge on any atom is 0.302 e. The summed E-state index contributed by atoms with van der Waals surface area (Å²) in [6.07, 6.45) is 2.77. The van der Waals surface area contributed by atoms with Crippen molar-refractivity contribution in [3.63, 3.8) is 0 Å². The minimum atomic E-state index is -3.36. The van der Waals surface area contributed by atoms with Crippen LogP contribution in [-0.2, 0) is 24.2 Å². The molecule has 2 aromatic carbocycles. The molecule has 0 aliphatic carbocycles. The number of aromatic nitrogens is 3. The predicted molar refractivity (Wildman–Crippen MR) is 139 cm³/mol. The van der Waals surface area contributed by atoms with E-state index in [-0.39, 0.29) is 17.3 Å². The van der Waals surface area contributed by atoms with Gasteiger partial charge >= 0.3 is 5.97 Å². The molecule has 0 radical (unpaired) electrons. The summed E-state index contributed by atoms with van der Waals surface area (Å²) in [6, 6.07) is 14.9. The quantitative estimate of drug-likeness (QED) is 0.367. The zero-order valence-electron chi connectivity index (χ0n) is 21.0. The lowest BCUT2D eigenvalue weighted by Crippen LogP contribution is -2.30. The highest BCUT2D eigenvalue weighted by atomic mass is 32.2. The lowest BCUT2D eigenvalue weighted by atomic mass is 10.0. The van der Waals surface area contributed by atoms with Gasteiger partial charge in [0.25, 0.3) is 0 Å².